The molecule has 1 unspecified atom stereocenters. The van der Waals surface area contributed by atoms with Gasteiger partial charge < -0.3 is 15.0 Å². The number of thiophene rings is 1. The van der Waals surface area contributed by atoms with E-state index < -0.39 is 0 Å². The Morgan fingerprint density at radius 1 is 1.19 bits per heavy atom. The molecule has 1 saturated heterocycles. The Balaban J connectivity index is 1.46. The fraction of sp³-hybridized carbons (Fsp3) is 0.500. The summed E-state index contributed by atoms with van der Waals surface area (Å²) in [6, 6.07) is 12.4. The van der Waals surface area contributed by atoms with Crippen molar-refractivity contribution >= 4 is 28.6 Å². The number of hydrogen-bond donors (Lipinski definition) is 1. The van der Waals surface area contributed by atoms with Crippen LogP contribution in [0.1, 0.15) is 43.4 Å². The van der Waals surface area contributed by atoms with Crippen molar-refractivity contribution in [2.45, 2.75) is 50.0 Å². The van der Waals surface area contributed by atoms with Crippen LogP contribution in [0.25, 0.3) is 0 Å². The first-order chi connectivity index (χ1) is 13.2. The number of amides is 1. The van der Waals surface area contributed by atoms with E-state index in [0.717, 1.165) is 57.3 Å². The van der Waals surface area contributed by atoms with E-state index in [0.29, 0.717) is 6.10 Å². The Kier molecular flexibility index (Phi) is 5.50. The number of piperidine rings is 1. The number of nitrogens with one attached hydrogen (secondary N) is 1. The van der Waals surface area contributed by atoms with E-state index in [1.165, 1.54) is 10.6 Å². The Hall–Kier alpha value is -1.85. The topological polar surface area (TPSA) is 41.6 Å². The quantitative estimate of drug-likeness (QED) is 0.804. The summed E-state index contributed by atoms with van der Waals surface area (Å²) >= 11 is 1.70. The molecule has 4 rings (SSSR count). The molecule has 2 aliphatic rings. The van der Waals surface area contributed by atoms with Crippen LogP contribution in [0.3, 0.4) is 0 Å². The zero-order valence-electron chi connectivity index (χ0n) is 15.9. The summed E-state index contributed by atoms with van der Waals surface area (Å²) < 4.78 is 5.52. The fourth-order valence-corrected chi connectivity index (χ4v) is 5.47. The highest BCUT2D eigenvalue weighted by atomic mass is 32.1. The van der Waals surface area contributed by atoms with Crippen LogP contribution in [-0.2, 0) is 14.9 Å². The summed E-state index contributed by atoms with van der Waals surface area (Å²) in [5, 5.41) is 5.26. The number of carbonyl (C=O) groups is 1. The van der Waals surface area contributed by atoms with Crippen molar-refractivity contribution in [3.05, 3.63) is 46.7 Å². The Morgan fingerprint density at radius 2 is 1.96 bits per heavy atom. The van der Waals surface area contributed by atoms with E-state index in [4.69, 9.17) is 4.74 Å². The first-order valence-corrected chi connectivity index (χ1v) is 10.8. The molecule has 5 heteroatoms. The summed E-state index contributed by atoms with van der Waals surface area (Å²) in [6.45, 7) is 2.00. The van der Waals surface area contributed by atoms with Crippen LogP contribution in [0.15, 0.2) is 41.8 Å². The van der Waals surface area contributed by atoms with E-state index in [9.17, 15) is 4.79 Å². The van der Waals surface area contributed by atoms with Crippen LogP contribution in [0, 0.1) is 0 Å². The smallest absolute Gasteiger partial charge is 0.235 e. The molecule has 2 heterocycles. The molecule has 1 saturated carbocycles. The highest BCUT2D eigenvalue weighted by molar-refractivity contribution is 7.10. The highest BCUT2D eigenvalue weighted by Crippen LogP contribution is 2.44. The molecule has 1 atom stereocenters. The van der Waals surface area contributed by atoms with E-state index >= 15 is 0 Å². The number of nitrogens with zero attached hydrogens (tertiary/aromatic N) is 1. The van der Waals surface area contributed by atoms with Gasteiger partial charge in [-0.3, -0.25) is 4.79 Å². The van der Waals surface area contributed by atoms with Crippen LogP contribution in [0.4, 0.5) is 11.4 Å². The van der Waals surface area contributed by atoms with Crippen LogP contribution < -0.4 is 10.2 Å². The second kappa shape index (κ2) is 8.03. The molecule has 1 amide bonds. The van der Waals surface area contributed by atoms with Crippen molar-refractivity contribution < 1.29 is 9.53 Å². The molecule has 1 aromatic heterocycles. The van der Waals surface area contributed by atoms with Gasteiger partial charge in [-0.1, -0.05) is 18.9 Å². The van der Waals surface area contributed by atoms with Crippen molar-refractivity contribution in [2.24, 2.45) is 0 Å². The molecule has 4 nitrogen and oxygen atoms in total. The number of anilines is 2. The van der Waals surface area contributed by atoms with Crippen molar-refractivity contribution in [3.8, 4) is 0 Å². The van der Waals surface area contributed by atoms with Gasteiger partial charge in [-0.15, -0.1) is 11.3 Å². The van der Waals surface area contributed by atoms with Crippen molar-refractivity contribution in [1.29, 1.82) is 0 Å². The third-order valence-electron chi connectivity index (χ3n) is 6.09. The lowest BCUT2D eigenvalue weighted by Gasteiger charge is -2.33. The Morgan fingerprint density at radius 3 is 2.63 bits per heavy atom. The fourth-order valence-electron chi connectivity index (χ4n) is 4.49. The minimum absolute atomic E-state index is 0.146. The van der Waals surface area contributed by atoms with Crippen LogP contribution in [0.5, 0.6) is 0 Å². The molecule has 1 N–H and O–H groups in total. The number of ether oxygens (including phenoxy) is 1. The van der Waals surface area contributed by atoms with Gasteiger partial charge >= 0.3 is 0 Å². The molecule has 27 heavy (non-hydrogen) atoms. The minimum Gasteiger partial charge on any atom is -0.380 e. The van der Waals surface area contributed by atoms with Crippen LogP contribution in [0.2, 0.25) is 0 Å². The van der Waals surface area contributed by atoms with E-state index in [1.54, 1.807) is 18.4 Å². The van der Waals surface area contributed by atoms with Gasteiger partial charge in [0.25, 0.3) is 0 Å². The third kappa shape index (κ3) is 3.76. The summed E-state index contributed by atoms with van der Waals surface area (Å²) in [5.41, 5.74) is 1.74. The summed E-state index contributed by atoms with van der Waals surface area (Å²) in [6.07, 6.45) is 6.74. The predicted octanol–water partition coefficient (Wildman–Crippen LogP) is 4.81. The molecule has 2 aromatic rings. The van der Waals surface area contributed by atoms with Crippen LogP contribution in [-0.4, -0.2) is 32.2 Å². The van der Waals surface area contributed by atoms with E-state index in [-0.39, 0.29) is 11.3 Å². The molecule has 144 valence electrons. The lowest BCUT2D eigenvalue weighted by atomic mass is 9.83. The number of carbonyl (C=O) groups excluding carboxylic acids is 1. The second-order valence-electron chi connectivity index (χ2n) is 7.71. The second-order valence-corrected chi connectivity index (χ2v) is 8.66. The molecule has 2 fully saturated rings. The molecule has 0 spiro atoms. The largest absolute Gasteiger partial charge is 0.380 e. The first-order valence-electron chi connectivity index (χ1n) is 9.94. The Bertz CT molecular complexity index is 751. The van der Waals surface area contributed by atoms with E-state index in [1.807, 2.05) is 18.2 Å². The van der Waals surface area contributed by atoms with Crippen molar-refractivity contribution in [3.63, 3.8) is 0 Å². The standard InChI is InChI=1S/C22H28N2O2S/c1-26-19-6-4-14-24(16-19)18-10-8-17(9-11-18)23-21(25)22(12-2-3-13-22)20-7-5-15-27-20/h5,7-11,15,19H,2-4,6,12-14,16H2,1H3,(H,23,25). The van der Waals surface area contributed by atoms with Crippen LogP contribution >= 0.6 is 11.3 Å². The maximum absolute atomic E-state index is 13.2. The average molecular weight is 385 g/mol. The van der Waals surface area contributed by atoms with E-state index in [2.05, 4.69) is 33.8 Å². The average Bonchev–Trinajstić information content (AvgIpc) is 3.41. The van der Waals surface area contributed by atoms with Gasteiger partial charge in [0.1, 0.15) is 0 Å². The van der Waals surface area contributed by atoms with Gasteiger partial charge in [0.2, 0.25) is 5.91 Å². The monoisotopic (exact) mass is 384 g/mol. The summed E-state index contributed by atoms with van der Waals surface area (Å²) in [5.74, 6) is 0.146. The third-order valence-corrected chi connectivity index (χ3v) is 7.16. The summed E-state index contributed by atoms with van der Waals surface area (Å²) in [7, 11) is 1.79. The number of methoxy groups -OCH3 is 1. The normalized spacial score (nSPS) is 22.0. The molecular weight excluding hydrogens is 356 g/mol. The molecule has 1 aliphatic carbocycles. The van der Waals surface area contributed by atoms with Gasteiger partial charge in [0.15, 0.2) is 0 Å². The highest BCUT2D eigenvalue weighted by Gasteiger charge is 2.43. The maximum atomic E-state index is 13.2. The summed E-state index contributed by atoms with van der Waals surface area (Å²) in [4.78, 5) is 16.7. The number of benzene rings is 1. The van der Waals surface area contributed by atoms with Crippen molar-refractivity contribution in [1.82, 2.24) is 0 Å². The van der Waals surface area contributed by atoms with Gasteiger partial charge in [-0.25, -0.2) is 0 Å². The van der Waals surface area contributed by atoms with Gasteiger partial charge in [-0.05, 0) is 61.4 Å². The number of rotatable bonds is 5. The van der Waals surface area contributed by atoms with Gasteiger partial charge in [0.05, 0.1) is 11.5 Å². The number of hydrogen-bond acceptors (Lipinski definition) is 4. The molecule has 0 bridgehead atoms. The SMILES string of the molecule is COC1CCCN(c2ccc(NC(=O)C3(c4cccs4)CCCC3)cc2)C1. The first kappa shape index (κ1) is 18.5. The van der Waals surface area contributed by atoms with Crippen molar-refractivity contribution in [2.75, 3.05) is 30.4 Å². The molecule has 0 radical (unpaired) electrons. The zero-order chi connectivity index (χ0) is 18.7. The Labute approximate surface area is 165 Å². The lowest BCUT2D eigenvalue weighted by Crippen LogP contribution is -2.39. The van der Waals surface area contributed by atoms with Gasteiger partial charge in [0, 0.05) is 36.5 Å². The van der Waals surface area contributed by atoms with Gasteiger partial charge in [-0.2, -0.15) is 0 Å². The lowest BCUT2D eigenvalue weighted by molar-refractivity contribution is -0.121. The molecular formula is C22H28N2O2S. The minimum atomic E-state index is -0.342. The maximum Gasteiger partial charge on any atom is 0.235 e. The molecule has 1 aliphatic heterocycles. The zero-order valence-corrected chi connectivity index (χ0v) is 16.8. The predicted molar refractivity (Wildman–Crippen MR) is 112 cm³/mol. The molecule has 1 aromatic carbocycles.